The monoisotopic (exact) mass is 201 g/mol. The number of hydrogen-bond donors (Lipinski definition) is 3. The van der Waals surface area contributed by atoms with E-state index in [1.54, 1.807) is 0 Å². The molecule has 2 amide bonds. The van der Waals surface area contributed by atoms with Crippen LogP contribution in [0.15, 0.2) is 0 Å². The second-order valence-corrected chi connectivity index (χ2v) is 3.66. The normalized spacial score (nSPS) is 23.1. The minimum absolute atomic E-state index is 0.124. The molecule has 4 N–H and O–H groups in total. The molecule has 14 heavy (non-hydrogen) atoms. The predicted molar refractivity (Wildman–Crippen MR) is 54.0 cm³/mol. The van der Waals surface area contributed by atoms with E-state index in [2.05, 4.69) is 10.6 Å². The van der Waals surface area contributed by atoms with Gasteiger partial charge < -0.3 is 21.1 Å². The van der Waals surface area contributed by atoms with E-state index in [1.165, 1.54) is 0 Å². The lowest BCUT2D eigenvalue weighted by Gasteiger charge is -2.16. The molecular formula is C9H19N3O2. The van der Waals surface area contributed by atoms with Gasteiger partial charge in [-0.25, -0.2) is 4.79 Å². The van der Waals surface area contributed by atoms with E-state index in [1.807, 2.05) is 6.92 Å². The molecular weight excluding hydrogens is 182 g/mol. The average molecular weight is 201 g/mol. The zero-order valence-corrected chi connectivity index (χ0v) is 8.58. The van der Waals surface area contributed by atoms with Gasteiger partial charge in [-0.05, 0) is 26.3 Å². The molecule has 0 aliphatic carbocycles. The number of nitrogens with one attached hydrogen (secondary N) is 2. The van der Waals surface area contributed by atoms with Gasteiger partial charge in [-0.2, -0.15) is 0 Å². The van der Waals surface area contributed by atoms with E-state index < -0.39 is 0 Å². The molecule has 5 heteroatoms. The highest BCUT2D eigenvalue weighted by molar-refractivity contribution is 5.74. The minimum atomic E-state index is -0.124. The van der Waals surface area contributed by atoms with Crippen LogP contribution in [0.2, 0.25) is 0 Å². The third-order valence-electron chi connectivity index (χ3n) is 2.24. The Balaban J connectivity index is 2.14. The maximum Gasteiger partial charge on any atom is 0.315 e. The SMILES string of the molecule is CC(CCN)NC(=O)NC1CCOC1. The molecule has 5 nitrogen and oxygen atoms in total. The van der Waals surface area contributed by atoms with Crippen molar-refractivity contribution in [2.24, 2.45) is 5.73 Å². The first-order chi connectivity index (χ1) is 6.72. The van der Waals surface area contributed by atoms with Crippen molar-refractivity contribution in [1.82, 2.24) is 10.6 Å². The van der Waals surface area contributed by atoms with Gasteiger partial charge >= 0.3 is 6.03 Å². The summed E-state index contributed by atoms with van der Waals surface area (Å²) in [5.41, 5.74) is 5.38. The molecule has 1 aliphatic heterocycles. The van der Waals surface area contributed by atoms with Gasteiger partial charge in [0.1, 0.15) is 0 Å². The van der Waals surface area contributed by atoms with Crippen molar-refractivity contribution in [2.45, 2.75) is 31.8 Å². The van der Waals surface area contributed by atoms with E-state index in [0.717, 1.165) is 19.4 Å². The second kappa shape index (κ2) is 5.82. The van der Waals surface area contributed by atoms with Crippen LogP contribution in [0.25, 0.3) is 0 Å². The lowest BCUT2D eigenvalue weighted by molar-refractivity contribution is 0.188. The highest BCUT2D eigenvalue weighted by atomic mass is 16.5. The van der Waals surface area contributed by atoms with Gasteiger partial charge in [-0.1, -0.05) is 0 Å². The minimum Gasteiger partial charge on any atom is -0.379 e. The molecule has 1 rings (SSSR count). The molecule has 1 fully saturated rings. The number of urea groups is 1. The van der Waals surface area contributed by atoms with Crippen LogP contribution in [-0.4, -0.2) is 37.9 Å². The average Bonchev–Trinajstić information content (AvgIpc) is 2.56. The van der Waals surface area contributed by atoms with Crippen molar-refractivity contribution in [1.29, 1.82) is 0 Å². The number of amides is 2. The Morgan fingerprint density at radius 2 is 2.50 bits per heavy atom. The summed E-state index contributed by atoms with van der Waals surface area (Å²) >= 11 is 0. The number of rotatable bonds is 4. The van der Waals surface area contributed by atoms with Crippen molar-refractivity contribution in [3.8, 4) is 0 Å². The van der Waals surface area contributed by atoms with Crippen molar-refractivity contribution >= 4 is 6.03 Å². The number of nitrogens with two attached hydrogens (primary N) is 1. The summed E-state index contributed by atoms with van der Waals surface area (Å²) in [6, 6.07) is 0.170. The fourth-order valence-electron chi connectivity index (χ4n) is 1.42. The van der Waals surface area contributed by atoms with Crippen LogP contribution in [0.1, 0.15) is 19.8 Å². The topological polar surface area (TPSA) is 76.4 Å². The van der Waals surface area contributed by atoms with Crippen molar-refractivity contribution < 1.29 is 9.53 Å². The summed E-state index contributed by atoms with van der Waals surface area (Å²) in [6.07, 6.45) is 1.70. The van der Waals surface area contributed by atoms with Crippen LogP contribution < -0.4 is 16.4 Å². The maximum atomic E-state index is 11.4. The van der Waals surface area contributed by atoms with E-state index in [0.29, 0.717) is 13.2 Å². The van der Waals surface area contributed by atoms with Crippen LogP contribution in [0.4, 0.5) is 4.79 Å². The molecule has 0 aromatic rings. The van der Waals surface area contributed by atoms with Gasteiger partial charge in [0.25, 0.3) is 0 Å². The van der Waals surface area contributed by atoms with E-state index >= 15 is 0 Å². The molecule has 0 aromatic carbocycles. The molecule has 0 spiro atoms. The van der Waals surface area contributed by atoms with Crippen LogP contribution in [0, 0.1) is 0 Å². The van der Waals surface area contributed by atoms with Gasteiger partial charge in [-0.3, -0.25) is 0 Å². The summed E-state index contributed by atoms with van der Waals surface area (Å²) in [5, 5.41) is 5.67. The van der Waals surface area contributed by atoms with Crippen molar-refractivity contribution in [3.63, 3.8) is 0 Å². The van der Waals surface area contributed by atoms with Crippen LogP contribution >= 0.6 is 0 Å². The Bertz CT molecular complexity index is 181. The number of carbonyl (C=O) groups excluding carboxylic acids is 1. The third-order valence-corrected chi connectivity index (χ3v) is 2.24. The maximum absolute atomic E-state index is 11.4. The summed E-state index contributed by atoms with van der Waals surface area (Å²) in [5.74, 6) is 0. The number of hydrogen-bond acceptors (Lipinski definition) is 3. The van der Waals surface area contributed by atoms with Gasteiger partial charge in [0.15, 0.2) is 0 Å². The Morgan fingerprint density at radius 3 is 3.07 bits per heavy atom. The molecule has 1 aliphatic rings. The summed E-state index contributed by atoms with van der Waals surface area (Å²) in [4.78, 5) is 11.4. The smallest absolute Gasteiger partial charge is 0.315 e. The van der Waals surface area contributed by atoms with Crippen LogP contribution in [0.3, 0.4) is 0 Å². The van der Waals surface area contributed by atoms with Gasteiger partial charge in [0.05, 0.1) is 12.6 Å². The summed E-state index contributed by atoms with van der Waals surface area (Å²) in [6.45, 7) is 3.90. The second-order valence-electron chi connectivity index (χ2n) is 3.66. The lowest BCUT2D eigenvalue weighted by atomic mass is 10.2. The Hall–Kier alpha value is -0.810. The number of carbonyl (C=O) groups is 1. The fourth-order valence-corrected chi connectivity index (χ4v) is 1.42. The zero-order valence-electron chi connectivity index (χ0n) is 8.58. The first kappa shape index (κ1) is 11.3. The molecule has 2 atom stereocenters. The summed E-state index contributed by atoms with van der Waals surface area (Å²) < 4.78 is 5.15. The summed E-state index contributed by atoms with van der Waals surface area (Å²) in [7, 11) is 0. The van der Waals surface area contributed by atoms with Crippen LogP contribution in [0.5, 0.6) is 0 Å². The van der Waals surface area contributed by atoms with Crippen molar-refractivity contribution in [3.05, 3.63) is 0 Å². The molecule has 2 unspecified atom stereocenters. The van der Waals surface area contributed by atoms with Crippen LogP contribution in [-0.2, 0) is 4.74 Å². The Morgan fingerprint density at radius 1 is 1.71 bits per heavy atom. The Kier molecular flexibility index (Phi) is 4.69. The fraction of sp³-hybridized carbons (Fsp3) is 0.889. The quantitative estimate of drug-likeness (QED) is 0.590. The molecule has 0 saturated carbocycles. The standard InChI is InChI=1S/C9H19N3O2/c1-7(2-4-10)11-9(13)12-8-3-5-14-6-8/h7-8H,2-6,10H2,1H3,(H2,11,12,13). The van der Waals surface area contributed by atoms with E-state index in [9.17, 15) is 4.79 Å². The molecule has 0 aromatic heterocycles. The molecule has 0 bridgehead atoms. The van der Waals surface area contributed by atoms with Gasteiger partial charge in [0.2, 0.25) is 0 Å². The predicted octanol–water partition coefficient (Wildman–Crippen LogP) is -0.188. The first-order valence-corrected chi connectivity index (χ1v) is 5.07. The zero-order chi connectivity index (χ0) is 10.4. The third kappa shape index (κ3) is 3.93. The first-order valence-electron chi connectivity index (χ1n) is 5.07. The highest BCUT2D eigenvalue weighted by Crippen LogP contribution is 2.02. The number of ether oxygens (including phenoxy) is 1. The largest absolute Gasteiger partial charge is 0.379 e. The lowest BCUT2D eigenvalue weighted by Crippen LogP contribution is -2.46. The van der Waals surface area contributed by atoms with E-state index in [-0.39, 0.29) is 18.1 Å². The molecule has 0 radical (unpaired) electrons. The van der Waals surface area contributed by atoms with Gasteiger partial charge in [0, 0.05) is 12.6 Å². The van der Waals surface area contributed by atoms with E-state index in [4.69, 9.17) is 10.5 Å². The Labute approximate surface area is 84.4 Å². The van der Waals surface area contributed by atoms with Crippen molar-refractivity contribution in [2.75, 3.05) is 19.8 Å². The highest BCUT2D eigenvalue weighted by Gasteiger charge is 2.18. The molecule has 82 valence electrons. The molecule has 1 saturated heterocycles. The molecule has 1 heterocycles. The van der Waals surface area contributed by atoms with Gasteiger partial charge in [-0.15, -0.1) is 0 Å².